The van der Waals surface area contributed by atoms with Crippen LogP contribution in [0.1, 0.15) is 42.4 Å². The number of nitrogens with zero attached hydrogens (tertiary/aromatic N) is 2. The largest absolute Gasteiger partial charge is 0.438 e. The zero-order valence-corrected chi connectivity index (χ0v) is 17.1. The van der Waals surface area contributed by atoms with Crippen LogP contribution < -0.4 is 10.1 Å². The standard InChI is InChI=1S/C21H23N3O4S/c1-14(8-9-29(2,26)27)23-18(25)17-13-22-20(21-10-15(11-21)12-21)24-19(17)28-16-6-4-3-5-7-16/h3-9,13-15H,10-12H2,1-2H3,(H,23,25)/b9-8+/t14-,15?,21?/m0/s1. The van der Waals surface area contributed by atoms with E-state index in [4.69, 9.17) is 4.74 Å². The number of carbonyl (C=O) groups excluding carboxylic acids is 1. The van der Waals surface area contributed by atoms with E-state index < -0.39 is 21.8 Å². The lowest BCUT2D eigenvalue weighted by Gasteiger charge is -2.60. The Balaban J connectivity index is 1.59. The van der Waals surface area contributed by atoms with Crippen molar-refractivity contribution in [2.45, 2.75) is 37.6 Å². The molecule has 2 bridgehead atoms. The van der Waals surface area contributed by atoms with Gasteiger partial charge in [-0.2, -0.15) is 4.98 Å². The van der Waals surface area contributed by atoms with Gasteiger partial charge in [-0.25, -0.2) is 13.4 Å². The van der Waals surface area contributed by atoms with E-state index in [0.717, 1.165) is 42.7 Å². The SMILES string of the molecule is C[C@@H](/C=C/S(C)(=O)=O)NC(=O)c1cnc(C23CC(C2)C3)nc1Oc1ccccc1. The van der Waals surface area contributed by atoms with E-state index in [0.29, 0.717) is 5.75 Å². The molecule has 0 unspecified atom stereocenters. The highest BCUT2D eigenvalue weighted by Gasteiger charge is 2.59. The van der Waals surface area contributed by atoms with E-state index >= 15 is 0 Å². The van der Waals surface area contributed by atoms with Crippen molar-refractivity contribution in [1.29, 1.82) is 0 Å². The summed E-state index contributed by atoms with van der Waals surface area (Å²) in [5.41, 5.74) is 0.254. The molecule has 1 amide bonds. The van der Waals surface area contributed by atoms with Crippen molar-refractivity contribution in [3.8, 4) is 11.6 Å². The second-order valence-electron chi connectivity index (χ2n) is 8.01. The summed E-state index contributed by atoms with van der Waals surface area (Å²) in [7, 11) is -3.26. The first-order valence-electron chi connectivity index (χ1n) is 9.54. The molecule has 0 spiro atoms. The molecule has 3 saturated carbocycles. The third-order valence-corrected chi connectivity index (χ3v) is 6.09. The fourth-order valence-electron chi connectivity index (χ4n) is 3.80. The highest BCUT2D eigenvalue weighted by molar-refractivity contribution is 7.93. The second-order valence-corrected chi connectivity index (χ2v) is 9.94. The average Bonchev–Trinajstić information content (AvgIpc) is 2.58. The molecule has 152 valence electrons. The van der Waals surface area contributed by atoms with Crippen molar-refractivity contribution in [2.75, 3.05) is 6.26 Å². The molecule has 7 nitrogen and oxygen atoms in total. The number of carbonyl (C=O) groups is 1. The molecule has 8 heteroatoms. The number of amides is 1. The second kappa shape index (κ2) is 7.26. The molecule has 1 atom stereocenters. The first-order valence-corrected chi connectivity index (χ1v) is 11.5. The van der Waals surface area contributed by atoms with Crippen LogP contribution in [0.3, 0.4) is 0 Å². The number of aromatic nitrogens is 2. The maximum atomic E-state index is 12.8. The molecule has 0 saturated heterocycles. The molecule has 3 fully saturated rings. The third kappa shape index (κ3) is 4.17. The Kier molecular flexibility index (Phi) is 4.90. The number of sulfone groups is 1. The minimum Gasteiger partial charge on any atom is -0.438 e. The van der Waals surface area contributed by atoms with Gasteiger partial charge >= 0.3 is 0 Å². The van der Waals surface area contributed by atoms with Gasteiger partial charge in [0.05, 0.1) is 0 Å². The van der Waals surface area contributed by atoms with Crippen LogP contribution in [0, 0.1) is 5.92 Å². The Labute approximate surface area is 170 Å². The van der Waals surface area contributed by atoms with Crippen LogP contribution in [0.4, 0.5) is 0 Å². The summed E-state index contributed by atoms with van der Waals surface area (Å²) in [4.78, 5) is 21.9. The van der Waals surface area contributed by atoms with Gasteiger partial charge < -0.3 is 10.1 Å². The van der Waals surface area contributed by atoms with E-state index in [9.17, 15) is 13.2 Å². The summed E-state index contributed by atoms with van der Waals surface area (Å²) in [6.07, 6.45) is 7.30. The molecule has 0 radical (unpaired) electrons. The van der Waals surface area contributed by atoms with E-state index in [1.807, 2.05) is 18.2 Å². The molecule has 1 aromatic carbocycles. The number of hydrogen-bond donors (Lipinski definition) is 1. The third-order valence-electron chi connectivity index (χ3n) is 5.44. The summed E-state index contributed by atoms with van der Waals surface area (Å²) >= 11 is 0. The van der Waals surface area contributed by atoms with Crippen molar-refractivity contribution in [1.82, 2.24) is 15.3 Å². The van der Waals surface area contributed by atoms with Gasteiger partial charge in [0.2, 0.25) is 5.88 Å². The zero-order chi connectivity index (χ0) is 20.6. The average molecular weight is 413 g/mol. The van der Waals surface area contributed by atoms with Crippen molar-refractivity contribution < 1.29 is 17.9 Å². The fourth-order valence-corrected chi connectivity index (χ4v) is 4.32. The highest BCUT2D eigenvalue weighted by Crippen LogP contribution is 2.64. The molecule has 0 aliphatic heterocycles. The molecule has 3 aliphatic rings. The lowest BCUT2D eigenvalue weighted by atomic mass is 9.44. The van der Waals surface area contributed by atoms with Crippen LogP contribution in [0.2, 0.25) is 0 Å². The number of rotatable bonds is 7. The van der Waals surface area contributed by atoms with Crippen LogP contribution in [0.25, 0.3) is 0 Å². The number of para-hydroxylation sites is 1. The van der Waals surface area contributed by atoms with Gasteiger partial charge in [0.25, 0.3) is 5.91 Å². The topological polar surface area (TPSA) is 98.2 Å². The Morgan fingerprint density at radius 2 is 1.97 bits per heavy atom. The van der Waals surface area contributed by atoms with E-state index in [2.05, 4.69) is 15.3 Å². The van der Waals surface area contributed by atoms with Crippen LogP contribution in [0.15, 0.2) is 48.0 Å². The quantitative estimate of drug-likeness (QED) is 0.749. The normalized spacial score (nSPS) is 23.7. The monoisotopic (exact) mass is 413 g/mol. The molecule has 1 aromatic heterocycles. The van der Waals surface area contributed by atoms with Gasteiger partial charge in [0.1, 0.15) is 17.1 Å². The first-order chi connectivity index (χ1) is 13.7. The summed E-state index contributed by atoms with van der Waals surface area (Å²) in [6, 6.07) is 8.67. The smallest absolute Gasteiger partial charge is 0.258 e. The minimum atomic E-state index is -3.26. The predicted octanol–water partition coefficient (Wildman–Crippen LogP) is 3.00. The van der Waals surface area contributed by atoms with Crippen LogP contribution in [-0.4, -0.2) is 36.6 Å². The van der Waals surface area contributed by atoms with Gasteiger partial charge in [-0.1, -0.05) is 24.3 Å². The number of hydrogen-bond acceptors (Lipinski definition) is 6. The minimum absolute atomic E-state index is 0.0417. The Bertz CT molecular complexity index is 1050. The van der Waals surface area contributed by atoms with Crippen LogP contribution in [0.5, 0.6) is 11.6 Å². The van der Waals surface area contributed by atoms with Crippen LogP contribution in [-0.2, 0) is 15.3 Å². The Morgan fingerprint density at radius 3 is 2.55 bits per heavy atom. The predicted molar refractivity (Wildman–Crippen MR) is 108 cm³/mol. The molecule has 5 rings (SSSR count). The maximum Gasteiger partial charge on any atom is 0.258 e. The Hall–Kier alpha value is -2.74. The zero-order valence-electron chi connectivity index (χ0n) is 16.3. The van der Waals surface area contributed by atoms with Gasteiger partial charge in [-0.3, -0.25) is 4.79 Å². The maximum absolute atomic E-state index is 12.8. The molecule has 2 aromatic rings. The number of ether oxygens (including phenoxy) is 1. The van der Waals surface area contributed by atoms with E-state index in [1.54, 1.807) is 19.1 Å². The first kappa shape index (κ1) is 19.6. The molecule has 29 heavy (non-hydrogen) atoms. The van der Waals surface area contributed by atoms with Gasteiger partial charge in [0.15, 0.2) is 9.84 Å². The molecule has 3 aliphatic carbocycles. The fraction of sp³-hybridized carbons (Fsp3) is 0.381. The summed E-state index contributed by atoms with van der Waals surface area (Å²) in [5, 5.41) is 3.81. The van der Waals surface area contributed by atoms with E-state index in [-0.39, 0.29) is 16.9 Å². The lowest BCUT2D eigenvalue weighted by molar-refractivity contribution is -0.0349. The number of nitrogens with one attached hydrogen (secondary N) is 1. The summed E-state index contributed by atoms with van der Waals surface area (Å²) in [5.74, 6) is 1.87. The molecule has 1 N–H and O–H groups in total. The number of benzene rings is 1. The van der Waals surface area contributed by atoms with E-state index in [1.165, 1.54) is 12.3 Å². The molecular formula is C21H23N3O4S. The highest BCUT2D eigenvalue weighted by atomic mass is 32.2. The van der Waals surface area contributed by atoms with Crippen molar-refractivity contribution in [2.24, 2.45) is 5.92 Å². The lowest BCUT2D eigenvalue weighted by Crippen LogP contribution is -2.56. The van der Waals surface area contributed by atoms with Gasteiger partial charge in [-0.15, -0.1) is 0 Å². The Morgan fingerprint density at radius 1 is 1.28 bits per heavy atom. The van der Waals surface area contributed by atoms with Crippen molar-refractivity contribution in [3.63, 3.8) is 0 Å². The van der Waals surface area contributed by atoms with Gasteiger partial charge in [0, 0.05) is 29.3 Å². The van der Waals surface area contributed by atoms with Crippen LogP contribution >= 0.6 is 0 Å². The summed E-state index contributed by atoms with van der Waals surface area (Å²) in [6.45, 7) is 1.69. The molecule has 1 heterocycles. The summed E-state index contributed by atoms with van der Waals surface area (Å²) < 4.78 is 28.5. The van der Waals surface area contributed by atoms with Crippen molar-refractivity contribution >= 4 is 15.7 Å². The van der Waals surface area contributed by atoms with Gasteiger partial charge in [-0.05, 0) is 44.2 Å². The van der Waals surface area contributed by atoms with Crippen molar-refractivity contribution in [3.05, 3.63) is 59.4 Å². The molecular weight excluding hydrogens is 390 g/mol.